The Bertz CT molecular complexity index is 1270. The average Bonchev–Trinajstić information content (AvgIpc) is 3.20. The predicted molar refractivity (Wildman–Crippen MR) is 140 cm³/mol. The first-order valence-electron chi connectivity index (χ1n) is 12.2. The van der Waals surface area contributed by atoms with Crippen LogP contribution in [0.2, 0.25) is 0 Å². The molecule has 0 spiro atoms. The second-order valence-corrected chi connectivity index (χ2v) is 11.4. The molecule has 2 heterocycles. The van der Waals surface area contributed by atoms with Crippen LogP contribution < -0.4 is 20.3 Å². The van der Waals surface area contributed by atoms with Crippen molar-refractivity contribution in [2.45, 2.75) is 59.3 Å². The van der Waals surface area contributed by atoms with Crippen molar-refractivity contribution >= 4 is 27.5 Å². The van der Waals surface area contributed by atoms with E-state index in [0.717, 1.165) is 35.0 Å². The number of carbonyl (C=O) groups excluding carboxylic acids is 1. The summed E-state index contributed by atoms with van der Waals surface area (Å²) in [7, 11) is 3.21. The maximum Gasteiger partial charge on any atom is 0.259 e. The van der Waals surface area contributed by atoms with Gasteiger partial charge in [0, 0.05) is 24.3 Å². The lowest BCUT2D eigenvalue weighted by Gasteiger charge is -2.33. The van der Waals surface area contributed by atoms with Gasteiger partial charge < -0.3 is 19.8 Å². The summed E-state index contributed by atoms with van der Waals surface area (Å²) >= 11 is 1.65. The third-order valence-electron chi connectivity index (χ3n) is 6.97. The van der Waals surface area contributed by atoms with Crippen molar-refractivity contribution in [2.24, 2.45) is 11.3 Å². The lowest BCUT2D eigenvalue weighted by Crippen LogP contribution is -2.27. The molecule has 1 aliphatic rings. The molecule has 2 N–H and O–H groups in total. The van der Waals surface area contributed by atoms with Crippen LogP contribution in [0.3, 0.4) is 0 Å². The molecule has 0 saturated heterocycles. The minimum atomic E-state index is -0.0782. The summed E-state index contributed by atoms with van der Waals surface area (Å²) in [5.41, 5.74) is 2.41. The highest BCUT2D eigenvalue weighted by molar-refractivity contribution is 7.18. The molecular formula is C27H35N3O4S. The first kappa shape index (κ1) is 25.2. The molecule has 1 unspecified atom stereocenters. The van der Waals surface area contributed by atoms with E-state index < -0.39 is 0 Å². The van der Waals surface area contributed by atoms with Crippen LogP contribution in [0, 0.1) is 11.3 Å². The van der Waals surface area contributed by atoms with E-state index in [2.05, 4.69) is 31.1 Å². The Kier molecular flexibility index (Phi) is 7.50. The molecule has 8 heteroatoms. The fourth-order valence-electron chi connectivity index (χ4n) is 4.79. The lowest BCUT2D eigenvalue weighted by atomic mass is 9.72. The van der Waals surface area contributed by atoms with Crippen LogP contribution in [-0.2, 0) is 30.5 Å². The van der Waals surface area contributed by atoms with E-state index >= 15 is 0 Å². The van der Waals surface area contributed by atoms with E-state index in [1.807, 2.05) is 18.2 Å². The van der Waals surface area contributed by atoms with E-state index in [0.29, 0.717) is 42.6 Å². The SMILES string of the molecule is COc1ccc(CCNC(=O)CCc2nc3sc4c(c3c(=O)[nH]2)CCC(C(C)(C)C)C4)cc1OC. The number of methoxy groups -OCH3 is 2. The van der Waals surface area contributed by atoms with Crippen molar-refractivity contribution in [1.29, 1.82) is 0 Å². The van der Waals surface area contributed by atoms with Crippen LogP contribution >= 0.6 is 11.3 Å². The van der Waals surface area contributed by atoms with Crippen molar-refractivity contribution in [2.75, 3.05) is 20.8 Å². The monoisotopic (exact) mass is 497 g/mol. The summed E-state index contributed by atoms with van der Waals surface area (Å²) in [6.45, 7) is 7.39. The minimum Gasteiger partial charge on any atom is -0.493 e. The standard InChI is InChI=1S/C27H35N3O4S/c1-27(2,3)17-7-8-18-21(15-17)35-26-24(18)25(32)29-22(30-26)10-11-23(31)28-13-12-16-6-9-19(33-4)20(14-16)34-5/h6,9,14,17H,7-8,10-13,15H2,1-5H3,(H,28,31)(H,29,30,32). The zero-order valence-corrected chi connectivity index (χ0v) is 22.1. The quantitative estimate of drug-likeness (QED) is 0.480. The first-order chi connectivity index (χ1) is 16.7. The van der Waals surface area contributed by atoms with Crippen molar-refractivity contribution in [1.82, 2.24) is 15.3 Å². The van der Waals surface area contributed by atoms with Gasteiger partial charge in [0.1, 0.15) is 10.7 Å². The van der Waals surface area contributed by atoms with Crippen molar-refractivity contribution in [3.05, 3.63) is 50.4 Å². The molecule has 3 aromatic rings. The molecule has 0 bridgehead atoms. The molecule has 0 aliphatic heterocycles. The number of H-pyrrole nitrogens is 1. The molecule has 4 rings (SSSR count). The van der Waals surface area contributed by atoms with Gasteiger partial charge in [-0.15, -0.1) is 11.3 Å². The summed E-state index contributed by atoms with van der Waals surface area (Å²) in [4.78, 5) is 35.0. The topological polar surface area (TPSA) is 93.3 Å². The number of nitrogens with zero attached hydrogens (tertiary/aromatic N) is 1. The number of aromatic amines is 1. The average molecular weight is 498 g/mol. The Morgan fingerprint density at radius 3 is 2.69 bits per heavy atom. The number of fused-ring (bicyclic) bond motifs is 3. The Morgan fingerprint density at radius 2 is 1.97 bits per heavy atom. The van der Waals surface area contributed by atoms with Gasteiger partial charge in [-0.2, -0.15) is 0 Å². The fraction of sp³-hybridized carbons (Fsp3) is 0.519. The second kappa shape index (κ2) is 10.4. The van der Waals surface area contributed by atoms with Crippen molar-refractivity contribution < 1.29 is 14.3 Å². The molecule has 0 fully saturated rings. The van der Waals surface area contributed by atoms with E-state index in [1.165, 1.54) is 10.4 Å². The zero-order chi connectivity index (χ0) is 25.2. The van der Waals surface area contributed by atoms with E-state index in [9.17, 15) is 9.59 Å². The van der Waals surface area contributed by atoms with Gasteiger partial charge in [0.25, 0.3) is 5.56 Å². The lowest BCUT2D eigenvalue weighted by molar-refractivity contribution is -0.121. The van der Waals surface area contributed by atoms with Crippen LogP contribution in [0.5, 0.6) is 11.5 Å². The number of hydrogen-bond acceptors (Lipinski definition) is 6. The van der Waals surface area contributed by atoms with Gasteiger partial charge in [-0.25, -0.2) is 4.98 Å². The molecule has 1 amide bonds. The number of benzene rings is 1. The largest absolute Gasteiger partial charge is 0.493 e. The van der Waals surface area contributed by atoms with Gasteiger partial charge in [-0.05, 0) is 60.3 Å². The molecule has 0 saturated carbocycles. The predicted octanol–water partition coefficient (Wildman–Crippen LogP) is 4.44. The van der Waals surface area contributed by atoms with Gasteiger partial charge in [0.2, 0.25) is 5.91 Å². The molecular weight excluding hydrogens is 462 g/mol. The molecule has 0 radical (unpaired) electrons. The number of hydrogen-bond donors (Lipinski definition) is 2. The summed E-state index contributed by atoms with van der Waals surface area (Å²) in [5, 5.41) is 3.70. The van der Waals surface area contributed by atoms with Crippen molar-refractivity contribution in [3.63, 3.8) is 0 Å². The number of aromatic nitrogens is 2. The maximum absolute atomic E-state index is 12.9. The highest BCUT2D eigenvalue weighted by Crippen LogP contribution is 2.42. The van der Waals surface area contributed by atoms with Gasteiger partial charge >= 0.3 is 0 Å². The van der Waals surface area contributed by atoms with E-state index in [1.54, 1.807) is 25.6 Å². The first-order valence-corrected chi connectivity index (χ1v) is 13.0. The smallest absolute Gasteiger partial charge is 0.259 e. The normalized spacial score (nSPS) is 15.6. The van der Waals surface area contributed by atoms with E-state index in [-0.39, 0.29) is 23.3 Å². The maximum atomic E-state index is 12.9. The van der Waals surface area contributed by atoms with Crippen LogP contribution in [0.15, 0.2) is 23.0 Å². The summed E-state index contributed by atoms with van der Waals surface area (Å²) < 4.78 is 10.6. The zero-order valence-electron chi connectivity index (χ0n) is 21.2. The van der Waals surface area contributed by atoms with Crippen LogP contribution in [-0.4, -0.2) is 36.6 Å². The molecule has 7 nitrogen and oxygen atoms in total. The number of amides is 1. The molecule has 1 aromatic carbocycles. The number of nitrogens with one attached hydrogen (secondary N) is 2. The minimum absolute atomic E-state index is 0.0632. The Labute approximate surface area is 210 Å². The van der Waals surface area contributed by atoms with Crippen LogP contribution in [0.25, 0.3) is 10.2 Å². The van der Waals surface area contributed by atoms with Gasteiger partial charge in [0.15, 0.2) is 11.5 Å². The highest BCUT2D eigenvalue weighted by Gasteiger charge is 2.31. The molecule has 1 aliphatic carbocycles. The van der Waals surface area contributed by atoms with Crippen LogP contribution in [0.1, 0.15) is 55.4 Å². The Balaban J connectivity index is 1.34. The number of aryl methyl sites for hydroxylation is 2. The third-order valence-corrected chi connectivity index (χ3v) is 8.11. The number of thiophene rings is 1. The number of rotatable bonds is 8. The fourth-order valence-corrected chi connectivity index (χ4v) is 6.11. The molecule has 2 aromatic heterocycles. The van der Waals surface area contributed by atoms with Crippen molar-refractivity contribution in [3.8, 4) is 11.5 Å². The Hall–Kier alpha value is -2.87. The van der Waals surface area contributed by atoms with Gasteiger partial charge in [-0.1, -0.05) is 26.8 Å². The Morgan fingerprint density at radius 1 is 1.20 bits per heavy atom. The highest BCUT2D eigenvalue weighted by atomic mass is 32.1. The van der Waals surface area contributed by atoms with Crippen LogP contribution in [0.4, 0.5) is 0 Å². The second-order valence-electron chi connectivity index (χ2n) is 10.3. The molecule has 188 valence electrons. The van der Waals surface area contributed by atoms with E-state index in [4.69, 9.17) is 14.5 Å². The van der Waals surface area contributed by atoms with Gasteiger partial charge in [-0.3, -0.25) is 9.59 Å². The number of ether oxygens (including phenoxy) is 2. The molecule has 35 heavy (non-hydrogen) atoms. The summed E-state index contributed by atoms with van der Waals surface area (Å²) in [6, 6.07) is 5.74. The number of carbonyl (C=O) groups is 1. The third kappa shape index (κ3) is 5.69. The summed E-state index contributed by atoms with van der Waals surface area (Å²) in [5.74, 6) is 2.48. The summed E-state index contributed by atoms with van der Waals surface area (Å²) in [6.07, 6.45) is 4.41. The molecule has 1 atom stereocenters. The van der Waals surface area contributed by atoms with Gasteiger partial charge in [0.05, 0.1) is 19.6 Å².